The van der Waals surface area contributed by atoms with Gasteiger partial charge in [0.25, 0.3) is 0 Å². The number of hydrogen-bond acceptors (Lipinski definition) is 4. The molecule has 0 radical (unpaired) electrons. The Morgan fingerprint density at radius 3 is 2.88 bits per heavy atom. The normalized spacial score (nSPS) is 16.6. The lowest BCUT2D eigenvalue weighted by Gasteiger charge is -2.25. The first-order chi connectivity index (χ1) is 12.6. The lowest BCUT2D eigenvalue weighted by molar-refractivity contribution is -0.128. The molecule has 1 unspecified atom stereocenters. The molecule has 1 fully saturated rings. The van der Waals surface area contributed by atoms with Gasteiger partial charge in [-0.2, -0.15) is 0 Å². The van der Waals surface area contributed by atoms with Crippen LogP contribution in [0.1, 0.15) is 17.4 Å². The summed E-state index contributed by atoms with van der Waals surface area (Å²) in [4.78, 5) is 26.1. The second-order valence-corrected chi connectivity index (χ2v) is 6.87. The first-order valence-corrected chi connectivity index (χ1v) is 9.23. The molecule has 0 aliphatic carbocycles. The number of nitrogens with one attached hydrogen (secondary N) is 1. The minimum absolute atomic E-state index is 0.00976. The lowest BCUT2D eigenvalue weighted by atomic mass is 10.1. The van der Waals surface area contributed by atoms with E-state index in [0.29, 0.717) is 17.2 Å². The van der Waals surface area contributed by atoms with Gasteiger partial charge in [-0.05, 0) is 24.3 Å². The highest BCUT2D eigenvalue weighted by Crippen LogP contribution is 2.42. The Labute approximate surface area is 155 Å². The number of ether oxygens (including phenoxy) is 1. The van der Waals surface area contributed by atoms with Gasteiger partial charge in [-0.3, -0.25) is 9.59 Å². The third-order valence-electron chi connectivity index (χ3n) is 4.06. The quantitative estimate of drug-likeness (QED) is 0.842. The number of thioether (sulfide) groups is 1. The van der Waals surface area contributed by atoms with E-state index in [1.165, 1.54) is 30.0 Å². The fraction of sp³-hybridized carbons (Fsp3) is 0.263. The second kappa shape index (κ2) is 8.23. The van der Waals surface area contributed by atoms with E-state index in [2.05, 4.69) is 5.32 Å². The molecule has 3 rings (SSSR count). The Hall–Kier alpha value is -2.54. The molecule has 1 aliphatic rings. The number of anilines is 1. The molecule has 0 aromatic heterocycles. The van der Waals surface area contributed by atoms with Crippen LogP contribution in [0, 0.1) is 5.82 Å². The zero-order valence-corrected chi connectivity index (χ0v) is 15.1. The van der Waals surface area contributed by atoms with Crippen molar-refractivity contribution in [2.75, 3.05) is 24.7 Å². The van der Waals surface area contributed by atoms with Crippen LogP contribution in [-0.2, 0) is 9.59 Å². The number of halogens is 1. The van der Waals surface area contributed by atoms with Crippen molar-refractivity contribution in [3.05, 3.63) is 59.9 Å². The van der Waals surface area contributed by atoms with Gasteiger partial charge >= 0.3 is 0 Å². The van der Waals surface area contributed by atoms with Crippen LogP contribution in [0.3, 0.4) is 0 Å². The van der Waals surface area contributed by atoms with E-state index in [1.54, 1.807) is 18.1 Å². The SMILES string of the molecule is COc1ccccc1C1SCC(=O)N1CCC(=O)Nc1cccc(F)c1. The molecule has 2 aromatic carbocycles. The van der Waals surface area contributed by atoms with Gasteiger partial charge in [0.15, 0.2) is 0 Å². The molecule has 0 spiro atoms. The Morgan fingerprint density at radius 2 is 2.12 bits per heavy atom. The Kier molecular flexibility index (Phi) is 5.78. The molecule has 0 saturated carbocycles. The zero-order chi connectivity index (χ0) is 18.5. The molecule has 2 amide bonds. The van der Waals surface area contributed by atoms with Gasteiger partial charge in [0, 0.05) is 24.2 Å². The largest absolute Gasteiger partial charge is 0.496 e. The highest BCUT2D eigenvalue weighted by Gasteiger charge is 2.34. The summed E-state index contributed by atoms with van der Waals surface area (Å²) < 4.78 is 18.6. The minimum atomic E-state index is -0.412. The first-order valence-electron chi connectivity index (χ1n) is 8.18. The Balaban J connectivity index is 1.65. The molecular weight excluding hydrogens is 355 g/mol. The fourth-order valence-electron chi connectivity index (χ4n) is 2.84. The van der Waals surface area contributed by atoms with Crippen LogP contribution in [0.5, 0.6) is 5.75 Å². The second-order valence-electron chi connectivity index (χ2n) is 5.80. The molecule has 26 heavy (non-hydrogen) atoms. The summed E-state index contributed by atoms with van der Waals surface area (Å²) in [6, 6.07) is 13.3. The predicted octanol–water partition coefficient (Wildman–Crippen LogP) is 3.44. The van der Waals surface area contributed by atoms with Gasteiger partial charge in [-0.15, -0.1) is 11.8 Å². The molecule has 1 heterocycles. The molecule has 2 aromatic rings. The molecule has 136 valence electrons. The van der Waals surface area contributed by atoms with Crippen molar-refractivity contribution >= 4 is 29.3 Å². The van der Waals surface area contributed by atoms with Crippen LogP contribution in [0.2, 0.25) is 0 Å². The average molecular weight is 374 g/mol. The highest BCUT2D eigenvalue weighted by molar-refractivity contribution is 8.00. The molecule has 1 saturated heterocycles. The van der Waals surface area contributed by atoms with Crippen LogP contribution in [0.25, 0.3) is 0 Å². The monoisotopic (exact) mass is 374 g/mol. The summed E-state index contributed by atoms with van der Waals surface area (Å²) in [5, 5.41) is 2.47. The standard InChI is InChI=1S/C19H19FN2O3S/c1-25-16-8-3-2-7-15(16)19-22(18(24)12-26-19)10-9-17(23)21-14-6-4-5-13(20)11-14/h2-8,11,19H,9-10,12H2,1H3,(H,21,23). The number of rotatable bonds is 6. The Morgan fingerprint density at radius 1 is 1.31 bits per heavy atom. The van der Waals surface area contributed by atoms with Crippen LogP contribution in [-0.4, -0.2) is 36.1 Å². The number of para-hydroxylation sites is 1. The summed E-state index contributed by atoms with van der Waals surface area (Å²) in [5.41, 5.74) is 1.31. The van der Waals surface area contributed by atoms with Gasteiger partial charge in [-0.25, -0.2) is 4.39 Å². The fourth-order valence-corrected chi connectivity index (χ4v) is 4.08. The summed E-state index contributed by atoms with van der Waals surface area (Å²) in [6.07, 6.45) is 0.133. The third kappa shape index (κ3) is 4.16. The predicted molar refractivity (Wildman–Crippen MR) is 99.6 cm³/mol. The van der Waals surface area contributed by atoms with E-state index in [-0.39, 0.29) is 30.2 Å². The highest BCUT2D eigenvalue weighted by atomic mass is 32.2. The van der Waals surface area contributed by atoms with E-state index in [4.69, 9.17) is 4.74 Å². The van der Waals surface area contributed by atoms with Crippen molar-refractivity contribution < 1.29 is 18.7 Å². The molecule has 5 nitrogen and oxygen atoms in total. The molecule has 1 atom stereocenters. The molecule has 1 N–H and O–H groups in total. The maximum atomic E-state index is 13.2. The molecule has 0 bridgehead atoms. The maximum absolute atomic E-state index is 13.2. The topological polar surface area (TPSA) is 58.6 Å². The van der Waals surface area contributed by atoms with Crippen molar-refractivity contribution in [3.8, 4) is 5.75 Å². The number of benzene rings is 2. The number of carbonyl (C=O) groups excluding carboxylic acids is 2. The smallest absolute Gasteiger partial charge is 0.233 e. The van der Waals surface area contributed by atoms with Crippen LogP contribution in [0.15, 0.2) is 48.5 Å². The zero-order valence-electron chi connectivity index (χ0n) is 14.3. The first kappa shape index (κ1) is 18.3. The molecular formula is C19H19FN2O3S. The van der Waals surface area contributed by atoms with Crippen LogP contribution >= 0.6 is 11.8 Å². The van der Waals surface area contributed by atoms with Crippen molar-refractivity contribution in [1.82, 2.24) is 4.90 Å². The number of nitrogens with zero attached hydrogens (tertiary/aromatic N) is 1. The number of amides is 2. The van der Waals surface area contributed by atoms with Crippen molar-refractivity contribution in [2.45, 2.75) is 11.8 Å². The molecule has 7 heteroatoms. The van der Waals surface area contributed by atoms with Gasteiger partial charge in [-0.1, -0.05) is 24.3 Å². The Bertz CT molecular complexity index is 815. The van der Waals surface area contributed by atoms with Gasteiger partial charge in [0.2, 0.25) is 11.8 Å². The number of hydrogen-bond donors (Lipinski definition) is 1. The van der Waals surface area contributed by atoms with E-state index in [0.717, 1.165) is 5.56 Å². The van der Waals surface area contributed by atoms with Gasteiger partial charge in [0.05, 0.1) is 12.9 Å². The third-order valence-corrected chi connectivity index (χ3v) is 5.30. The average Bonchev–Trinajstić information content (AvgIpc) is 3.00. The van der Waals surface area contributed by atoms with Crippen LogP contribution in [0.4, 0.5) is 10.1 Å². The van der Waals surface area contributed by atoms with Crippen molar-refractivity contribution in [2.24, 2.45) is 0 Å². The maximum Gasteiger partial charge on any atom is 0.233 e. The van der Waals surface area contributed by atoms with E-state index in [9.17, 15) is 14.0 Å². The van der Waals surface area contributed by atoms with E-state index in [1.807, 2.05) is 24.3 Å². The van der Waals surface area contributed by atoms with E-state index < -0.39 is 5.82 Å². The summed E-state index contributed by atoms with van der Waals surface area (Å²) >= 11 is 1.51. The van der Waals surface area contributed by atoms with Gasteiger partial charge in [0.1, 0.15) is 16.9 Å². The summed E-state index contributed by atoms with van der Waals surface area (Å²) in [5.74, 6) is 0.399. The lowest BCUT2D eigenvalue weighted by Crippen LogP contribution is -2.31. The van der Waals surface area contributed by atoms with Crippen LogP contribution < -0.4 is 10.1 Å². The number of carbonyl (C=O) groups is 2. The number of methoxy groups -OCH3 is 1. The van der Waals surface area contributed by atoms with Gasteiger partial charge < -0.3 is 15.0 Å². The minimum Gasteiger partial charge on any atom is -0.496 e. The summed E-state index contributed by atoms with van der Waals surface area (Å²) in [7, 11) is 1.59. The van der Waals surface area contributed by atoms with E-state index >= 15 is 0 Å². The van der Waals surface area contributed by atoms with Crippen molar-refractivity contribution in [3.63, 3.8) is 0 Å². The summed E-state index contributed by atoms with van der Waals surface area (Å²) in [6.45, 7) is 0.287. The molecule has 1 aliphatic heterocycles. The van der Waals surface area contributed by atoms with Crippen molar-refractivity contribution in [1.29, 1.82) is 0 Å².